The number of fused-ring (bicyclic) bond motifs is 2. The van der Waals surface area contributed by atoms with Crippen molar-refractivity contribution in [2.45, 2.75) is 32.4 Å². The number of anilines is 2. The Hall–Kier alpha value is -3.58. The van der Waals surface area contributed by atoms with Crippen molar-refractivity contribution in [2.75, 3.05) is 5.32 Å². The summed E-state index contributed by atoms with van der Waals surface area (Å²) < 4.78 is 0. The Morgan fingerprint density at radius 2 is 2.00 bits per heavy atom. The van der Waals surface area contributed by atoms with Gasteiger partial charge in [-0.15, -0.1) is 0 Å². The molecule has 0 saturated heterocycles. The maximum Gasteiger partial charge on any atom is 0.136 e. The van der Waals surface area contributed by atoms with E-state index in [0.29, 0.717) is 12.2 Å². The van der Waals surface area contributed by atoms with Crippen LogP contribution >= 0.6 is 0 Å². The number of aromatic nitrogens is 4. The quantitative estimate of drug-likeness (QED) is 0.480. The van der Waals surface area contributed by atoms with Crippen molar-refractivity contribution < 1.29 is 5.11 Å². The number of aromatic amines is 1. The molecule has 4 heterocycles. The summed E-state index contributed by atoms with van der Waals surface area (Å²) in [6.07, 6.45) is 6.29. The maximum atomic E-state index is 10.2. The first kappa shape index (κ1) is 18.4. The minimum Gasteiger partial charge on any atom is -0.384 e. The highest BCUT2D eigenvalue weighted by molar-refractivity contribution is 5.83. The molecule has 0 radical (unpaired) electrons. The first-order chi connectivity index (χ1) is 14.5. The van der Waals surface area contributed by atoms with Gasteiger partial charge in [0.2, 0.25) is 0 Å². The molecule has 7 nitrogen and oxygen atoms in total. The van der Waals surface area contributed by atoms with Gasteiger partial charge in [-0.25, -0.2) is 4.98 Å². The van der Waals surface area contributed by atoms with Gasteiger partial charge in [-0.2, -0.15) is 5.10 Å². The third kappa shape index (κ3) is 3.44. The third-order valence-electron chi connectivity index (χ3n) is 5.30. The Labute approximate surface area is 173 Å². The summed E-state index contributed by atoms with van der Waals surface area (Å²) in [4.78, 5) is 13.8. The molecule has 0 bridgehead atoms. The zero-order valence-corrected chi connectivity index (χ0v) is 16.8. The average Bonchev–Trinajstić information content (AvgIpc) is 3.21. The predicted octanol–water partition coefficient (Wildman–Crippen LogP) is 4.12. The van der Waals surface area contributed by atoms with Gasteiger partial charge in [0.25, 0.3) is 0 Å². The number of rotatable bonds is 4. The normalized spacial score (nSPS) is 13.4. The highest BCUT2D eigenvalue weighted by Gasteiger charge is 2.19. The summed E-state index contributed by atoms with van der Waals surface area (Å²) in [5.41, 5.74) is 5.64. The molecule has 0 atom stereocenters. The molecule has 7 heteroatoms. The molecule has 3 N–H and O–H groups in total. The van der Waals surface area contributed by atoms with Crippen molar-refractivity contribution in [1.29, 1.82) is 0 Å². The molecule has 4 aromatic rings. The van der Waals surface area contributed by atoms with E-state index in [0.717, 1.165) is 45.6 Å². The van der Waals surface area contributed by atoms with Crippen molar-refractivity contribution in [3.63, 3.8) is 0 Å². The van der Waals surface area contributed by atoms with E-state index in [9.17, 15) is 5.11 Å². The number of hydrogen-bond donors (Lipinski definition) is 3. The summed E-state index contributed by atoms with van der Waals surface area (Å²) >= 11 is 0. The van der Waals surface area contributed by atoms with Crippen molar-refractivity contribution in [3.8, 4) is 11.3 Å². The Bertz CT molecular complexity index is 1250. The number of benzene rings is 1. The number of nitrogens with zero attached hydrogens (tertiary/aromatic N) is 4. The van der Waals surface area contributed by atoms with E-state index >= 15 is 0 Å². The second-order valence-electron chi connectivity index (χ2n) is 8.01. The topological polar surface area (TPSA) is 99.1 Å². The van der Waals surface area contributed by atoms with Gasteiger partial charge in [-0.05, 0) is 55.8 Å². The third-order valence-corrected chi connectivity index (χ3v) is 5.30. The zero-order chi connectivity index (χ0) is 20.7. The molecular weight excluding hydrogens is 376 g/mol. The van der Waals surface area contributed by atoms with Crippen LogP contribution in [-0.2, 0) is 18.6 Å². The molecule has 5 rings (SSSR count). The van der Waals surface area contributed by atoms with Crippen molar-refractivity contribution >= 4 is 28.6 Å². The number of H-pyrrole nitrogens is 1. The van der Waals surface area contributed by atoms with Crippen molar-refractivity contribution in [2.24, 2.45) is 4.99 Å². The Balaban J connectivity index is 1.55. The molecule has 1 aromatic carbocycles. The monoisotopic (exact) mass is 398 g/mol. The van der Waals surface area contributed by atoms with Gasteiger partial charge >= 0.3 is 0 Å². The first-order valence-corrected chi connectivity index (χ1v) is 9.88. The van der Waals surface area contributed by atoms with Gasteiger partial charge in [0.1, 0.15) is 11.4 Å². The number of aliphatic imine (C=N–C) groups is 1. The van der Waals surface area contributed by atoms with Crippen LogP contribution in [0.3, 0.4) is 0 Å². The number of hydrogen-bond acceptors (Lipinski definition) is 6. The molecule has 0 spiro atoms. The second kappa shape index (κ2) is 7.03. The molecule has 0 unspecified atom stereocenters. The van der Waals surface area contributed by atoms with Gasteiger partial charge in [0.05, 0.1) is 29.6 Å². The van der Waals surface area contributed by atoms with Crippen LogP contribution in [0.25, 0.3) is 22.2 Å². The summed E-state index contributed by atoms with van der Waals surface area (Å²) in [5.74, 6) is 0.800. The summed E-state index contributed by atoms with van der Waals surface area (Å²) in [5, 5.41) is 21.7. The van der Waals surface area contributed by atoms with Gasteiger partial charge in [0, 0.05) is 41.0 Å². The second-order valence-corrected chi connectivity index (χ2v) is 8.01. The van der Waals surface area contributed by atoms with Crippen LogP contribution in [-0.4, -0.2) is 31.5 Å². The Morgan fingerprint density at radius 3 is 2.80 bits per heavy atom. The SMILES string of the molecule is CC(C)(O)c1ccc(-c2cc3c(c(Nc4ccc5[nH]ncc5c4)n2)CN=CC3)cn1. The molecule has 150 valence electrons. The molecule has 1 aliphatic heterocycles. The van der Waals surface area contributed by atoms with Gasteiger partial charge < -0.3 is 10.4 Å². The molecule has 0 amide bonds. The lowest BCUT2D eigenvalue weighted by atomic mass is 9.99. The van der Waals surface area contributed by atoms with Gasteiger partial charge in [-0.3, -0.25) is 15.1 Å². The van der Waals surface area contributed by atoms with E-state index in [1.54, 1.807) is 26.2 Å². The molecule has 1 aliphatic rings. The van der Waals surface area contributed by atoms with Crippen LogP contribution in [0, 0.1) is 0 Å². The number of pyridine rings is 2. The standard InChI is InChI=1S/C23H22N6O/c1-23(2,30)21-6-3-15(11-25-21)20-10-14-7-8-24-13-18(14)22(28-20)27-17-4-5-19-16(9-17)12-26-29-19/h3-6,8-12,30H,7,13H2,1-2H3,(H,26,29)(H,27,28). The van der Waals surface area contributed by atoms with E-state index in [-0.39, 0.29) is 0 Å². The minimum absolute atomic E-state index is 0.606. The molecule has 0 aliphatic carbocycles. The fourth-order valence-electron chi connectivity index (χ4n) is 3.62. The van der Waals surface area contributed by atoms with Crippen molar-refractivity contribution in [3.05, 3.63) is 65.6 Å². The summed E-state index contributed by atoms with van der Waals surface area (Å²) in [7, 11) is 0. The molecule has 3 aromatic heterocycles. The minimum atomic E-state index is -0.975. The van der Waals surface area contributed by atoms with E-state index < -0.39 is 5.60 Å². The smallest absolute Gasteiger partial charge is 0.136 e. The molecule has 30 heavy (non-hydrogen) atoms. The maximum absolute atomic E-state index is 10.2. The molecular formula is C23H22N6O. The molecule has 0 saturated carbocycles. The lowest BCUT2D eigenvalue weighted by Gasteiger charge is -2.19. The largest absolute Gasteiger partial charge is 0.384 e. The Morgan fingerprint density at radius 1 is 1.10 bits per heavy atom. The van der Waals surface area contributed by atoms with Crippen LogP contribution < -0.4 is 5.32 Å². The highest BCUT2D eigenvalue weighted by atomic mass is 16.3. The van der Waals surface area contributed by atoms with Crippen molar-refractivity contribution in [1.82, 2.24) is 20.2 Å². The summed E-state index contributed by atoms with van der Waals surface area (Å²) in [6, 6.07) is 12.0. The fourth-order valence-corrected chi connectivity index (χ4v) is 3.62. The van der Waals surface area contributed by atoms with Gasteiger partial charge in [-0.1, -0.05) is 0 Å². The van der Waals surface area contributed by atoms with E-state index in [1.165, 1.54) is 5.56 Å². The lowest BCUT2D eigenvalue weighted by Crippen LogP contribution is -2.17. The van der Waals surface area contributed by atoms with Crippen LogP contribution in [0.4, 0.5) is 11.5 Å². The van der Waals surface area contributed by atoms with E-state index in [4.69, 9.17) is 4.98 Å². The summed E-state index contributed by atoms with van der Waals surface area (Å²) in [6.45, 7) is 4.06. The zero-order valence-electron chi connectivity index (χ0n) is 16.8. The first-order valence-electron chi connectivity index (χ1n) is 9.88. The lowest BCUT2D eigenvalue weighted by molar-refractivity contribution is 0.0739. The van der Waals surface area contributed by atoms with Crippen LogP contribution in [0.5, 0.6) is 0 Å². The van der Waals surface area contributed by atoms with Crippen LogP contribution in [0.1, 0.15) is 30.7 Å². The van der Waals surface area contributed by atoms with Crippen LogP contribution in [0.15, 0.2) is 53.8 Å². The highest BCUT2D eigenvalue weighted by Crippen LogP contribution is 2.31. The fraction of sp³-hybridized carbons (Fsp3) is 0.217. The van der Waals surface area contributed by atoms with E-state index in [2.05, 4.69) is 31.6 Å². The van der Waals surface area contributed by atoms with E-state index in [1.807, 2.05) is 36.5 Å². The molecule has 0 fully saturated rings. The van der Waals surface area contributed by atoms with Gasteiger partial charge in [0.15, 0.2) is 0 Å². The predicted molar refractivity (Wildman–Crippen MR) is 118 cm³/mol. The number of nitrogens with one attached hydrogen (secondary N) is 2. The van der Waals surface area contributed by atoms with Crippen LogP contribution in [0.2, 0.25) is 0 Å². The number of aliphatic hydroxyl groups is 1. The average molecular weight is 398 g/mol. The Kier molecular flexibility index (Phi) is 4.33.